The summed E-state index contributed by atoms with van der Waals surface area (Å²) in [6.45, 7) is 8.75. The molecule has 1 heterocycles. The van der Waals surface area contributed by atoms with Crippen molar-refractivity contribution in [3.63, 3.8) is 0 Å². The summed E-state index contributed by atoms with van der Waals surface area (Å²) >= 11 is 0. The van der Waals surface area contributed by atoms with E-state index >= 15 is 0 Å². The highest BCUT2D eigenvalue weighted by molar-refractivity contribution is 5.06. The van der Waals surface area contributed by atoms with Crippen LogP contribution in [-0.2, 0) is 13.0 Å². The molecule has 0 fully saturated rings. The number of nitrogens with zero attached hydrogens (tertiary/aromatic N) is 2. The van der Waals surface area contributed by atoms with Crippen LogP contribution in [0.1, 0.15) is 77.7 Å². The number of unbranched alkanes of at least 4 members (excludes halogenated alkanes) is 5. The topological polar surface area (TPSA) is 29.9 Å². The van der Waals surface area contributed by atoms with Crippen molar-refractivity contribution in [2.24, 2.45) is 0 Å². The van der Waals surface area contributed by atoms with Crippen molar-refractivity contribution in [3.8, 4) is 0 Å². The highest BCUT2D eigenvalue weighted by Gasteiger charge is 2.10. The van der Waals surface area contributed by atoms with Gasteiger partial charge < -0.3 is 5.32 Å². The van der Waals surface area contributed by atoms with Crippen LogP contribution in [0.2, 0.25) is 0 Å². The van der Waals surface area contributed by atoms with Crippen molar-refractivity contribution in [3.05, 3.63) is 18.0 Å². The van der Waals surface area contributed by atoms with E-state index in [1.54, 1.807) is 0 Å². The van der Waals surface area contributed by atoms with Gasteiger partial charge in [-0.2, -0.15) is 5.10 Å². The summed E-state index contributed by atoms with van der Waals surface area (Å²) in [5.74, 6) is 0. The number of nitrogens with one attached hydrogen (secondary N) is 1. The van der Waals surface area contributed by atoms with Gasteiger partial charge in [0.2, 0.25) is 0 Å². The Morgan fingerprint density at radius 2 is 1.81 bits per heavy atom. The quantitative estimate of drug-likeness (QED) is 0.540. The van der Waals surface area contributed by atoms with Crippen molar-refractivity contribution in [2.75, 3.05) is 6.54 Å². The summed E-state index contributed by atoms with van der Waals surface area (Å²) in [6.07, 6.45) is 16.1. The molecular formula is C18H35N3. The van der Waals surface area contributed by atoms with Crippen LogP contribution in [0.15, 0.2) is 12.4 Å². The molecule has 1 atom stereocenters. The van der Waals surface area contributed by atoms with E-state index in [1.807, 2.05) is 10.9 Å². The maximum absolute atomic E-state index is 4.39. The van der Waals surface area contributed by atoms with E-state index in [1.165, 1.54) is 56.9 Å². The summed E-state index contributed by atoms with van der Waals surface area (Å²) in [4.78, 5) is 0. The molecule has 1 aromatic rings. The van der Waals surface area contributed by atoms with Crippen molar-refractivity contribution in [1.82, 2.24) is 15.1 Å². The van der Waals surface area contributed by atoms with Gasteiger partial charge in [0.1, 0.15) is 0 Å². The molecule has 1 aromatic heterocycles. The summed E-state index contributed by atoms with van der Waals surface area (Å²) in [5.41, 5.74) is 1.37. The third kappa shape index (κ3) is 8.25. The van der Waals surface area contributed by atoms with Crippen molar-refractivity contribution < 1.29 is 0 Å². The molecule has 0 radical (unpaired) electrons. The van der Waals surface area contributed by atoms with Crippen LogP contribution in [0.5, 0.6) is 0 Å². The lowest BCUT2D eigenvalue weighted by Crippen LogP contribution is -2.31. The minimum atomic E-state index is 0.616. The highest BCUT2D eigenvalue weighted by Crippen LogP contribution is 2.12. The summed E-state index contributed by atoms with van der Waals surface area (Å²) in [6, 6.07) is 0.616. The Morgan fingerprint density at radius 1 is 1.05 bits per heavy atom. The zero-order chi connectivity index (χ0) is 15.3. The Kier molecular flexibility index (Phi) is 10.2. The minimum absolute atomic E-state index is 0.616. The van der Waals surface area contributed by atoms with Gasteiger partial charge in [0, 0.05) is 18.8 Å². The van der Waals surface area contributed by atoms with Gasteiger partial charge in [-0.3, -0.25) is 4.68 Å². The van der Waals surface area contributed by atoms with Crippen molar-refractivity contribution in [1.29, 1.82) is 0 Å². The second-order valence-corrected chi connectivity index (χ2v) is 6.12. The highest BCUT2D eigenvalue weighted by atomic mass is 15.3. The summed E-state index contributed by atoms with van der Waals surface area (Å²) < 4.78 is 2.02. The van der Waals surface area contributed by atoms with Gasteiger partial charge in [-0.05, 0) is 38.3 Å². The molecule has 21 heavy (non-hydrogen) atoms. The van der Waals surface area contributed by atoms with Crippen LogP contribution in [-0.4, -0.2) is 22.4 Å². The van der Waals surface area contributed by atoms with Crippen molar-refractivity contribution >= 4 is 0 Å². The smallest absolute Gasteiger partial charge is 0.0522 e. The molecule has 0 saturated heterocycles. The van der Waals surface area contributed by atoms with E-state index in [2.05, 4.69) is 37.4 Å². The molecule has 1 N–H and O–H groups in total. The second-order valence-electron chi connectivity index (χ2n) is 6.12. The van der Waals surface area contributed by atoms with Gasteiger partial charge in [-0.1, -0.05) is 52.4 Å². The molecule has 0 aliphatic rings. The third-order valence-electron chi connectivity index (χ3n) is 4.08. The Hall–Kier alpha value is -0.830. The molecule has 122 valence electrons. The normalized spacial score (nSPS) is 12.7. The van der Waals surface area contributed by atoms with Crippen LogP contribution in [0.25, 0.3) is 0 Å². The van der Waals surface area contributed by atoms with Gasteiger partial charge in [0.25, 0.3) is 0 Å². The predicted molar refractivity (Wildman–Crippen MR) is 91.7 cm³/mol. The monoisotopic (exact) mass is 293 g/mol. The molecule has 1 rings (SSSR count). The average Bonchev–Trinajstić information content (AvgIpc) is 2.95. The van der Waals surface area contributed by atoms with Crippen molar-refractivity contribution in [2.45, 2.75) is 91.1 Å². The minimum Gasteiger partial charge on any atom is -0.314 e. The maximum atomic E-state index is 4.39. The lowest BCUT2D eigenvalue weighted by atomic mass is 10.0. The first kappa shape index (κ1) is 18.2. The van der Waals surface area contributed by atoms with E-state index in [4.69, 9.17) is 0 Å². The Morgan fingerprint density at radius 3 is 2.48 bits per heavy atom. The lowest BCUT2D eigenvalue weighted by Gasteiger charge is -2.17. The maximum Gasteiger partial charge on any atom is 0.0522 e. The van der Waals surface area contributed by atoms with E-state index in [0.29, 0.717) is 6.04 Å². The zero-order valence-electron chi connectivity index (χ0n) is 14.4. The Bertz CT molecular complexity index is 346. The molecule has 0 saturated carbocycles. The number of aromatic nitrogens is 2. The molecule has 0 aliphatic heterocycles. The second kappa shape index (κ2) is 11.8. The van der Waals surface area contributed by atoms with E-state index < -0.39 is 0 Å². The van der Waals surface area contributed by atoms with Gasteiger partial charge in [-0.25, -0.2) is 0 Å². The molecule has 3 heteroatoms. The van der Waals surface area contributed by atoms with Gasteiger partial charge in [-0.15, -0.1) is 0 Å². The first-order valence-corrected chi connectivity index (χ1v) is 9.04. The molecule has 0 aromatic carbocycles. The van der Waals surface area contributed by atoms with Gasteiger partial charge >= 0.3 is 0 Å². The molecule has 0 bridgehead atoms. The lowest BCUT2D eigenvalue weighted by molar-refractivity contribution is 0.450. The Balaban J connectivity index is 2.29. The van der Waals surface area contributed by atoms with Crippen LogP contribution in [0.4, 0.5) is 0 Å². The van der Waals surface area contributed by atoms with Gasteiger partial charge in [0.05, 0.1) is 6.20 Å². The number of rotatable bonds is 13. The van der Waals surface area contributed by atoms with Crippen LogP contribution < -0.4 is 5.32 Å². The number of hydrogen-bond acceptors (Lipinski definition) is 2. The fourth-order valence-electron chi connectivity index (χ4n) is 2.77. The average molecular weight is 293 g/mol. The van der Waals surface area contributed by atoms with Crippen LogP contribution >= 0.6 is 0 Å². The van der Waals surface area contributed by atoms with Crippen LogP contribution in [0, 0.1) is 0 Å². The number of aryl methyl sites for hydroxylation is 1. The molecular weight excluding hydrogens is 258 g/mol. The van der Waals surface area contributed by atoms with E-state index in [0.717, 1.165) is 19.5 Å². The molecule has 0 aliphatic carbocycles. The van der Waals surface area contributed by atoms with Gasteiger partial charge in [0.15, 0.2) is 0 Å². The summed E-state index contributed by atoms with van der Waals surface area (Å²) in [5, 5.41) is 8.10. The standard InChI is InChI=1S/C18H35N3/c1-4-7-8-9-10-11-12-18(19-13-5-2)14-17-15-20-21(6-3)16-17/h15-16,18-19H,4-14H2,1-3H3. The SMILES string of the molecule is CCCCCCCCC(Cc1cnn(CC)c1)NCCC. The molecule has 0 spiro atoms. The Labute approximate surface area is 131 Å². The zero-order valence-corrected chi connectivity index (χ0v) is 14.4. The first-order valence-electron chi connectivity index (χ1n) is 9.04. The summed E-state index contributed by atoms with van der Waals surface area (Å²) in [7, 11) is 0. The molecule has 3 nitrogen and oxygen atoms in total. The fourth-order valence-corrected chi connectivity index (χ4v) is 2.77. The predicted octanol–water partition coefficient (Wildman–Crippen LogP) is 4.56. The molecule has 0 amide bonds. The number of hydrogen-bond donors (Lipinski definition) is 1. The molecule has 1 unspecified atom stereocenters. The van der Waals surface area contributed by atoms with Crippen LogP contribution in [0.3, 0.4) is 0 Å². The fraction of sp³-hybridized carbons (Fsp3) is 0.833. The third-order valence-corrected chi connectivity index (χ3v) is 4.08. The van der Waals surface area contributed by atoms with E-state index in [-0.39, 0.29) is 0 Å². The van der Waals surface area contributed by atoms with E-state index in [9.17, 15) is 0 Å². The largest absolute Gasteiger partial charge is 0.314 e. The first-order chi connectivity index (χ1) is 10.3.